The molecule has 12 heavy (non-hydrogen) atoms. The fourth-order valence-corrected chi connectivity index (χ4v) is 2.84. The van der Waals surface area contributed by atoms with Crippen LogP contribution in [0.25, 0.3) is 0 Å². The molecule has 0 radical (unpaired) electrons. The molecule has 1 nitrogen and oxygen atoms in total. The van der Waals surface area contributed by atoms with Gasteiger partial charge < -0.3 is 0 Å². The second-order valence-electron chi connectivity index (χ2n) is 4.10. The van der Waals surface area contributed by atoms with Crippen molar-refractivity contribution in [2.24, 2.45) is 5.92 Å². The molecular formula is C10H10BrN. The van der Waals surface area contributed by atoms with Crippen LogP contribution >= 0.6 is 15.9 Å². The first-order valence-electron chi connectivity index (χ1n) is 4.42. The van der Waals surface area contributed by atoms with Gasteiger partial charge in [0.2, 0.25) is 0 Å². The van der Waals surface area contributed by atoms with Gasteiger partial charge >= 0.3 is 0 Å². The van der Waals surface area contributed by atoms with Gasteiger partial charge in [-0.25, -0.2) is 4.98 Å². The Morgan fingerprint density at radius 3 is 2.58 bits per heavy atom. The molecule has 3 aliphatic carbocycles. The van der Waals surface area contributed by atoms with Crippen LogP contribution in [0.1, 0.15) is 25.0 Å². The van der Waals surface area contributed by atoms with Crippen molar-refractivity contribution >= 4 is 15.9 Å². The maximum Gasteiger partial charge on any atom is 0.106 e. The van der Waals surface area contributed by atoms with Gasteiger partial charge in [-0.05, 0) is 53.2 Å². The summed E-state index contributed by atoms with van der Waals surface area (Å²) in [5, 5.41) is 0. The molecule has 3 saturated carbocycles. The Kier molecular flexibility index (Phi) is 1.24. The lowest BCUT2D eigenvalue weighted by Gasteiger charge is -2.61. The average Bonchev–Trinajstić information content (AvgIpc) is 1.79. The van der Waals surface area contributed by atoms with Crippen LogP contribution in [0.3, 0.4) is 0 Å². The van der Waals surface area contributed by atoms with Crippen LogP contribution in [0.5, 0.6) is 0 Å². The average molecular weight is 224 g/mol. The molecule has 2 bridgehead atoms. The summed E-state index contributed by atoms with van der Waals surface area (Å²) in [6.07, 6.45) is 4.16. The highest BCUT2D eigenvalue weighted by Crippen LogP contribution is 2.64. The minimum absolute atomic E-state index is 0.508. The summed E-state index contributed by atoms with van der Waals surface area (Å²) in [6, 6.07) is 6.25. The highest BCUT2D eigenvalue weighted by Gasteiger charge is 2.58. The smallest absolute Gasteiger partial charge is 0.106 e. The number of rotatable bonds is 1. The fraction of sp³-hybridized carbons (Fsp3) is 0.500. The van der Waals surface area contributed by atoms with Crippen LogP contribution in [0, 0.1) is 5.92 Å². The molecule has 62 valence electrons. The Bertz CT molecular complexity index is 317. The minimum atomic E-state index is 0.508. The molecule has 3 aliphatic rings. The molecule has 1 heterocycles. The van der Waals surface area contributed by atoms with Gasteiger partial charge in [-0.15, -0.1) is 0 Å². The summed E-state index contributed by atoms with van der Waals surface area (Å²) in [5.74, 6) is 1.03. The van der Waals surface area contributed by atoms with Crippen molar-refractivity contribution in [2.45, 2.75) is 24.7 Å². The summed E-state index contributed by atoms with van der Waals surface area (Å²) in [4.78, 5) is 4.52. The summed E-state index contributed by atoms with van der Waals surface area (Å²) in [7, 11) is 0. The van der Waals surface area contributed by atoms with E-state index in [1.54, 1.807) is 0 Å². The molecule has 0 N–H and O–H groups in total. The van der Waals surface area contributed by atoms with E-state index in [4.69, 9.17) is 0 Å². The van der Waals surface area contributed by atoms with Gasteiger partial charge in [-0.1, -0.05) is 6.07 Å². The molecule has 0 aliphatic heterocycles. The monoisotopic (exact) mass is 223 g/mol. The fourth-order valence-electron chi connectivity index (χ4n) is 2.50. The second-order valence-corrected chi connectivity index (χ2v) is 4.92. The molecule has 0 unspecified atom stereocenters. The largest absolute Gasteiger partial charge is 0.245 e. The van der Waals surface area contributed by atoms with Crippen molar-refractivity contribution in [1.82, 2.24) is 4.98 Å². The highest BCUT2D eigenvalue weighted by molar-refractivity contribution is 9.10. The zero-order valence-corrected chi connectivity index (χ0v) is 8.34. The van der Waals surface area contributed by atoms with E-state index in [9.17, 15) is 0 Å². The third-order valence-corrected chi connectivity index (χ3v) is 3.74. The van der Waals surface area contributed by atoms with Crippen molar-refractivity contribution in [3.05, 3.63) is 28.5 Å². The van der Waals surface area contributed by atoms with Crippen molar-refractivity contribution in [3.63, 3.8) is 0 Å². The lowest BCUT2D eigenvalue weighted by molar-refractivity contribution is -0.0309. The Morgan fingerprint density at radius 2 is 2.08 bits per heavy atom. The molecule has 4 rings (SSSR count). The van der Waals surface area contributed by atoms with E-state index < -0.39 is 0 Å². The van der Waals surface area contributed by atoms with Crippen LogP contribution in [0.15, 0.2) is 22.8 Å². The zero-order chi connectivity index (χ0) is 8.18. The van der Waals surface area contributed by atoms with Crippen LogP contribution in [0.4, 0.5) is 0 Å². The van der Waals surface area contributed by atoms with Gasteiger partial charge in [0, 0.05) is 11.1 Å². The molecule has 0 aromatic carbocycles. The first-order valence-corrected chi connectivity index (χ1v) is 5.21. The normalized spacial score (nSPS) is 36.9. The van der Waals surface area contributed by atoms with Crippen molar-refractivity contribution < 1.29 is 0 Å². The summed E-state index contributed by atoms with van der Waals surface area (Å²) in [6.45, 7) is 0. The third-order valence-electron chi connectivity index (χ3n) is 3.30. The molecule has 0 atom stereocenters. The summed E-state index contributed by atoms with van der Waals surface area (Å²) < 4.78 is 0.977. The van der Waals surface area contributed by atoms with Gasteiger partial charge in [-0.3, -0.25) is 0 Å². The zero-order valence-electron chi connectivity index (χ0n) is 6.76. The van der Waals surface area contributed by atoms with E-state index in [1.165, 1.54) is 25.0 Å². The third kappa shape index (κ3) is 0.764. The number of hydrogen-bond donors (Lipinski definition) is 0. The molecule has 2 heteroatoms. The lowest BCUT2D eigenvalue weighted by Crippen LogP contribution is -2.55. The van der Waals surface area contributed by atoms with E-state index in [0.29, 0.717) is 5.41 Å². The van der Waals surface area contributed by atoms with Gasteiger partial charge in [-0.2, -0.15) is 0 Å². The predicted molar refractivity (Wildman–Crippen MR) is 51.0 cm³/mol. The maximum absolute atomic E-state index is 4.52. The predicted octanol–water partition coefficient (Wildman–Crippen LogP) is 2.90. The lowest BCUT2D eigenvalue weighted by atomic mass is 9.43. The van der Waals surface area contributed by atoms with Crippen molar-refractivity contribution in [3.8, 4) is 0 Å². The maximum atomic E-state index is 4.52. The molecular weight excluding hydrogens is 214 g/mol. The standard InChI is InChI=1S/C10H10BrN/c11-9-3-1-2-8(12-9)10-4-7(5-10)6-10/h1-3,7H,4-6H2. The Morgan fingerprint density at radius 1 is 1.33 bits per heavy atom. The topological polar surface area (TPSA) is 12.9 Å². The number of pyridine rings is 1. The quantitative estimate of drug-likeness (QED) is 0.668. The van der Waals surface area contributed by atoms with Crippen molar-refractivity contribution in [1.29, 1.82) is 0 Å². The first kappa shape index (κ1) is 7.07. The van der Waals surface area contributed by atoms with Crippen molar-refractivity contribution in [2.75, 3.05) is 0 Å². The van der Waals surface area contributed by atoms with Crippen LogP contribution < -0.4 is 0 Å². The Balaban J connectivity index is 2.01. The van der Waals surface area contributed by atoms with Crippen LogP contribution in [-0.4, -0.2) is 4.98 Å². The Hall–Kier alpha value is -0.370. The summed E-state index contributed by atoms with van der Waals surface area (Å²) in [5.41, 5.74) is 1.81. The summed E-state index contributed by atoms with van der Waals surface area (Å²) >= 11 is 3.41. The van der Waals surface area contributed by atoms with Crippen LogP contribution in [0.2, 0.25) is 0 Å². The van der Waals surface area contributed by atoms with Gasteiger partial charge in [0.05, 0.1) is 0 Å². The SMILES string of the molecule is Brc1cccc(C23CC(C2)C3)n1. The number of halogens is 1. The molecule has 0 saturated heterocycles. The van der Waals surface area contributed by atoms with E-state index in [-0.39, 0.29) is 0 Å². The van der Waals surface area contributed by atoms with Gasteiger partial charge in [0.1, 0.15) is 4.60 Å². The van der Waals surface area contributed by atoms with Gasteiger partial charge in [0.15, 0.2) is 0 Å². The molecule has 1 aromatic rings. The molecule has 3 fully saturated rings. The van der Waals surface area contributed by atoms with E-state index in [0.717, 1.165) is 10.5 Å². The van der Waals surface area contributed by atoms with E-state index in [2.05, 4.69) is 33.0 Å². The number of aromatic nitrogens is 1. The molecule has 1 aromatic heterocycles. The highest BCUT2D eigenvalue weighted by atomic mass is 79.9. The van der Waals surface area contributed by atoms with Gasteiger partial charge in [0.25, 0.3) is 0 Å². The number of hydrogen-bond acceptors (Lipinski definition) is 1. The first-order chi connectivity index (χ1) is 5.78. The minimum Gasteiger partial charge on any atom is -0.245 e. The van der Waals surface area contributed by atoms with Crippen LogP contribution in [-0.2, 0) is 5.41 Å². The molecule has 0 spiro atoms. The second kappa shape index (κ2) is 2.11. The van der Waals surface area contributed by atoms with E-state index >= 15 is 0 Å². The van der Waals surface area contributed by atoms with E-state index in [1.807, 2.05) is 6.07 Å². The number of nitrogens with zero attached hydrogens (tertiary/aromatic N) is 1. The molecule has 0 amide bonds. The Labute approximate surface area is 80.3 Å².